The first-order valence-electron chi connectivity index (χ1n) is 9.70. The fourth-order valence-electron chi connectivity index (χ4n) is 3.70. The number of pyridine rings is 1. The van der Waals surface area contributed by atoms with E-state index in [0.29, 0.717) is 39.2 Å². The largest absolute Gasteiger partial charge is 0.496 e. The molecule has 0 bridgehead atoms. The molecule has 0 fully saturated rings. The minimum absolute atomic E-state index is 0.0343. The second-order valence-electron chi connectivity index (χ2n) is 8.38. The normalized spacial score (nSPS) is 11.5. The summed E-state index contributed by atoms with van der Waals surface area (Å²) in [6.45, 7) is 10.3. The van der Waals surface area contributed by atoms with Crippen LogP contribution in [0, 0.1) is 37.9 Å². The number of nitrogen functional groups attached to an aromatic ring is 1. The number of carbonyl (C=O) groups is 1. The first-order valence-corrected chi connectivity index (χ1v) is 9.70. The third kappa shape index (κ3) is 3.67. The monoisotopic (exact) mass is 424 g/mol. The van der Waals surface area contributed by atoms with Crippen LogP contribution in [0.5, 0.6) is 5.75 Å². The maximum absolute atomic E-state index is 14.8. The molecule has 162 valence electrons. The van der Waals surface area contributed by atoms with Crippen LogP contribution in [-0.4, -0.2) is 28.2 Å². The Morgan fingerprint density at radius 3 is 2.42 bits per heavy atom. The number of nitrogens with zero attached hydrogens (tertiary/aromatic N) is 3. The molecular formula is C23H25FN4O3. The van der Waals surface area contributed by atoms with Crippen LogP contribution in [0.25, 0.3) is 16.6 Å². The number of benzene rings is 1. The Labute approximate surface area is 180 Å². The standard InChI is InChI=1S/C23H25FN4O3/c1-11-8-14-18(22(29)31-23(4,5)6)21(26)28(20(14)16(10-25)27-11)19-12(2)15(24)9-17(30-7)13(19)3/h8-9H,26H2,1-7H3. The predicted octanol–water partition coefficient (Wildman–Crippen LogP) is 4.51. The molecule has 1 aromatic carbocycles. The molecule has 31 heavy (non-hydrogen) atoms. The van der Waals surface area contributed by atoms with Gasteiger partial charge in [0, 0.05) is 28.3 Å². The van der Waals surface area contributed by atoms with Crippen molar-refractivity contribution in [2.75, 3.05) is 12.8 Å². The third-order valence-electron chi connectivity index (χ3n) is 4.96. The zero-order valence-electron chi connectivity index (χ0n) is 18.7. The Morgan fingerprint density at radius 2 is 1.87 bits per heavy atom. The summed E-state index contributed by atoms with van der Waals surface area (Å²) in [6, 6.07) is 5.03. The summed E-state index contributed by atoms with van der Waals surface area (Å²) in [5.74, 6) is -0.790. The molecule has 2 N–H and O–H groups in total. The molecule has 0 aliphatic carbocycles. The van der Waals surface area contributed by atoms with Gasteiger partial charge in [0.2, 0.25) is 0 Å². The molecular weight excluding hydrogens is 399 g/mol. The van der Waals surface area contributed by atoms with Gasteiger partial charge in [-0.1, -0.05) is 0 Å². The number of aryl methyl sites for hydroxylation is 1. The van der Waals surface area contributed by atoms with Crippen LogP contribution in [0.3, 0.4) is 0 Å². The summed E-state index contributed by atoms with van der Waals surface area (Å²) in [5.41, 5.74) is 8.03. The number of rotatable bonds is 3. The SMILES string of the molecule is COc1cc(F)c(C)c(-n2c(N)c(C(=O)OC(C)(C)C)c3cc(C)nc(C#N)c32)c1C. The van der Waals surface area contributed by atoms with E-state index in [9.17, 15) is 14.4 Å². The molecule has 0 amide bonds. The molecule has 0 saturated carbocycles. The van der Waals surface area contributed by atoms with Gasteiger partial charge >= 0.3 is 5.97 Å². The first-order chi connectivity index (χ1) is 14.4. The molecule has 2 aromatic heterocycles. The van der Waals surface area contributed by atoms with Crippen LogP contribution in [0.4, 0.5) is 10.2 Å². The van der Waals surface area contributed by atoms with Crippen molar-refractivity contribution in [3.05, 3.63) is 46.0 Å². The maximum atomic E-state index is 14.8. The molecule has 3 aromatic rings. The van der Waals surface area contributed by atoms with E-state index in [1.165, 1.54) is 17.7 Å². The number of nitrogens with two attached hydrogens (primary N) is 1. The van der Waals surface area contributed by atoms with Crippen molar-refractivity contribution in [3.63, 3.8) is 0 Å². The first kappa shape index (κ1) is 22.1. The van der Waals surface area contributed by atoms with Gasteiger partial charge in [0.1, 0.15) is 34.6 Å². The number of carbonyl (C=O) groups excluding carboxylic acids is 1. The molecule has 7 nitrogen and oxygen atoms in total. The van der Waals surface area contributed by atoms with E-state index in [2.05, 4.69) is 11.1 Å². The number of methoxy groups -OCH3 is 1. The lowest BCUT2D eigenvalue weighted by Crippen LogP contribution is -2.24. The van der Waals surface area contributed by atoms with Gasteiger partial charge in [-0.15, -0.1) is 0 Å². The Morgan fingerprint density at radius 1 is 1.23 bits per heavy atom. The van der Waals surface area contributed by atoms with Gasteiger partial charge < -0.3 is 15.2 Å². The summed E-state index contributed by atoms with van der Waals surface area (Å²) < 4.78 is 27.1. The minimum Gasteiger partial charge on any atom is -0.496 e. The zero-order chi connectivity index (χ0) is 23.2. The van der Waals surface area contributed by atoms with E-state index < -0.39 is 17.4 Å². The van der Waals surface area contributed by atoms with Crippen molar-refractivity contribution in [1.82, 2.24) is 9.55 Å². The van der Waals surface area contributed by atoms with E-state index >= 15 is 0 Å². The van der Waals surface area contributed by atoms with Crippen molar-refractivity contribution in [2.45, 2.75) is 47.1 Å². The fraction of sp³-hybridized carbons (Fsp3) is 0.348. The number of hydrogen-bond donors (Lipinski definition) is 1. The van der Waals surface area contributed by atoms with E-state index in [-0.39, 0.29) is 17.1 Å². The lowest BCUT2D eigenvalue weighted by molar-refractivity contribution is 0.00730. The Bertz CT molecular complexity index is 1260. The van der Waals surface area contributed by atoms with Crippen molar-refractivity contribution in [1.29, 1.82) is 5.26 Å². The quantitative estimate of drug-likeness (QED) is 0.621. The highest BCUT2D eigenvalue weighted by molar-refractivity contribution is 6.11. The van der Waals surface area contributed by atoms with Gasteiger partial charge in [-0.3, -0.25) is 4.57 Å². The topological polar surface area (TPSA) is 103 Å². The Hall–Kier alpha value is -3.60. The van der Waals surface area contributed by atoms with Gasteiger partial charge in [-0.2, -0.15) is 5.26 Å². The number of hydrogen-bond acceptors (Lipinski definition) is 6. The zero-order valence-corrected chi connectivity index (χ0v) is 18.7. The number of aromatic nitrogens is 2. The van der Waals surface area contributed by atoms with Crippen molar-refractivity contribution < 1.29 is 18.7 Å². The average Bonchev–Trinajstić information content (AvgIpc) is 2.94. The van der Waals surface area contributed by atoms with Gasteiger partial charge in [0.25, 0.3) is 0 Å². The summed E-state index contributed by atoms with van der Waals surface area (Å²) in [4.78, 5) is 17.4. The van der Waals surface area contributed by atoms with E-state index in [1.54, 1.807) is 47.6 Å². The summed E-state index contributed by atoms with van der Waals surface area (Å²) in [6.07, 6.45) is 0. The lowest BCUT2D eigenvalue weighted by Gasteiger charge is -2.20. The van der Waals surface area contributed by atoms with E-state index in [0.717, 1.165) is 0 Å². The van der Waals surface area contributed by atoms with E-state index in [1.807, 2.05) is 0 Å². The predicted molar refractivity (Wildman–Crippen MR) is 116 cm³/mol. The number of esters is 1. The number of ether oxygens (including phenoxy) is 2. The molecule has 0 aliphatic heterocycles. The van der Waals surface area contributed by atoms with Gasteiger partial charge in [-0.25, -0.2) is 14.2 Å². The number of anilines is 1. The Balaban J connectivity index is 2.53. The highest BCUT2D eigenvalue weighted by atomic mass is 19.1. The fourth-order valence-corrected chi connectivity index (χ4v) is 3.70. The van der Waals surface area contributed by atoms with Gasteiger partial charge in [0.15, 0.2) is 5.69 Å². The number of fused-ring (bicyclic) bond motifs is 1. The smallest absolute Gasteiger partial charge is 0.343 e. The third-order valence-corrected chi connectivity index (χ3v) is 4.96. The lowest BCUT2D eigenvalue weighted by atomic mass is 10.1. The molecule has 0 radical (unpaired) electrons. The van der Waals surface area contributed by atoms with Gasteiger partial charge in [-0.05, 0) is 47.6 Å². The minimum atomic E-state index is -0.758. The molecule has 3 rings (SSSR count). The van der Waals surface area contributed by atoms with Gasteiger partial charge in [0.05, 0.1) is 18.3 Å². The highest BCUT2D eigenvalue weighted by Crippen LogP contribution is 2.39. The van der Waals surface area contributed by atoms with Crippen molar-refractivity contribution in [3.8, 4) is 17.5 Å². The van der Waals surface area contributed by atoms with Crippen LogP contribution < -0.4 is 10.5 Å². The molecule has 0 spiro atoms. The number of nitriles is 1. The summed E-state index contributed by atoms with van der Waals surface area (Å²) in [7, 11) is 1.44. The van der Waals surface area contributed by atoms with Crippen molar-refractivity contribution in [2.24, 2.45) is 0 Å². The second-order valence-corrected chi connectivity index (χ2v) is 8.38. The van der Waals surface area contributed by atoms with Crippen LogP contribution >= 0.6 is 0 Å². The number of halogens is 1. The maximum Gasteiger partial charge on any atom is 0.343 e. The average molecular weight is 424 g/mol. The van der Waals surface area contributed by atoms with Crippen molar-refractivity contribution >= 4 is 22.7 Å². The molecule has 0 saturated heterocycles. The van der Waals surface area contributed by atoms with Crippen LogP contribution in [-0.2, 0) is 4.74 Å². The second kappa shape index (κ2) is 7.58. The summed E-state index contributed by atoms with van der Waals surface area (Å²) >= 11 is 0. The van der Waals surface area contributed by atoms with E-state index in [4.69, 9.17) is 15.2 Å². The molecule has 0 aliphatic rings. The summed E-state index contributed by atoms with van der Waals surface area (Å²) in [5, 5.41) is 10.2. The molecule has 2 heterocycles. The van der Waals surface area contributed by atoms with Crippen LogP contribution in [0.2, 0.25) is 0 Å². The van der Waals surface area contributed by atoms with Crippen LogP contribution in [0.15, 0.2) is 12.1 Å². The Kier molecular flexibility index (Phi) is 5.40. The molecule has 0 unspecified atom stereocenters. The highest BCUT2D eigenvalue weighted by Gasteiger charge is 2.30. The van der Waals surface area contributed by atoms with Crippen LogP contribution in [0.1, 0.15) is 53.6 Å². The molecule has 0 atom stereocenters. The molecule has 8 heteroatoms.